The average Bonchev–Trinajstić information content (AvgIpc) is 3.23. The van der Waals surface area contributed by atoms with Gasteiger partial charge >= 0.3 is 5.97 Å². The van der Waals surface area contributed by atoms with E-state index in [0.29, 0.717) is 5.56 Å². The van der Waals surface area contributed by atoms with Crippen molar-refractivity contribution >= 4 is 29.2 Å². The van der Waals surface area contributed by atoms with Gasteiger partial charge in [-0.1, -0.05) is 12.1 Å². The zero-order chi connectivity index (χ0) is 20.5. The highest BCUT2D eigenvalue weighted by Crippen LogP contribution is 2.38. The highest BCUT2D eigenvalue weighted by atomic mass is 32.1. The molecule has 0 spiro atoms. The van der Waals surface area contributed by atoms with Crippen LogP contribution >= 0.6 is 11.3 Å². The number of para-hydroxylation sites is 2. The number of aliphatic imine (C=N–C) groups is 1. The van der Waals surface area contributed by atoms with E-state index in [9.17, 15) is 9.90 Å². The van der Waals surface area contributed by atoms with Crippen LogP contribution in [0.15, 0.2) is 35.3 Å². The first-order valence-electron chi connectivity index (χ1n) is 9.75. The first kappa shape index (κ1) is 19.5. The smallest absolute Gasteiger partial charge is 0.339 e. The minimum absolute atomic E-state index is 0.472. The lowest BCUT2D eigenvalue weighted by Gasteiger charge is -2.11. The van der Waals surface area contributed by atoms with Crippen molar-refractivity contribution in [1.82, 2.24) is 4.57 Å². The lowest BCUT2D eigenvalue weighted by molar-refractivity contribution is 0.0696. The molecule has 1 aromatic carbocycles. The minimum Gasteiger partial charge on any atom is -0.494 e. The molecule has 1 aliphatic carbocycles. The van der Waals surface area contributed by atoms with E-state index < -0.39 is 5.97 Å². The first-order valence-corrected chi connectivity index (χ1v) is 10.6. The van der Waals surface area contributed by atoms with Gasteiger partial charge in [0.05, 0.1) is 12.7 Å². The Labute approximate surface area is 174 Å². The molecule has 0 radical (unpaired) electrons. The molecule has 0 bridgehead atoms. The normalized spacial score (nSPS) is 13.6. The van der Waals surface area contributed by atoms with E-state index in [-0.39, 0.29) is 0 Å². The number of fused-ring (bicyclic) bond motifs is 1. The number of nitrogens with zero attached hydrogens (tertiary/aromatic N) is 2. The van der Waals surface area contributed by atoms with Gasteiger partial charge in [-0.05, 0) is 63.3 Å². The number of hydrogen-bond donors (Lipinski definition) is 1. The van der Waals surface area contributed by atoms with E-state index in [1.54, 1.807) is 18.4 Å². The number of ether oxygens (including phenoxy) is 1. The second-order valence-corrected chi connectivity index (χ2v) is 8.37. The summed E-state index contributed by atoms with van der Waals surface area (Å²) in [6, 6.07) is 9.68. The molecule has 2 heterocycles. The monoisotopic (exact) mass is 408 g/mol. The molecule has 5 nitrogen and oxygen atoms in total. The summed E-state index contributed by atoms with van der Waals surface area (Å²) in [6.45, 7) is 4.03. The Hall–Kier alpha value is -2.86. The predicted octanol–water partition coefficient (Wildman–Crippen LogP) is 5.49. The van der Waals surface area contributed by atoms with Crippen LogP contribution in [0, 0.1) is 13.8 Å². The van der Waals surface area contributed by atoms with Crippen LogP contribution in [0.4, 0.5) is 5.69 Å². The standard InChI is InChI=1S/C23H24N2O3S/c1-14-12-16(13-24-18-9-5-6-10-19(18)28-3)15(2)25(14)22-21(23(26)27)17-8-4-7-11-20(17)29-22/h5-6,9-10,12-13H,4,7-8,11H2,1-3H3,(H,26,27). The van der Waals surface area contributed by atoms with Crippen LogP contribution in [-0.2, 0) is 12.8 Å². The summed E-state index contributed by atoms with van der Waals surface area (Å²) >= 11 is 1.62. The number of methoxy groups -OCH3 is 1. The van der Waals surface area contributed by atoms with Crippen molar-refractivity contribution in [1.29, 1.82) is 0 Å². The quantitative estimate of drug-likeness (QED) is 0.568. The second kappa shape index (κ2) is 7.87. The number of benzene rings is 1. The molecule has 1 aliphatic rings. The van der Waals surface area contributed by atoms with Crippen molar-refractivity contribution in [2.45, 2.75) is 39.5 Å². The Morgan fingerprint density at radius 3 is 2.76 bits per heavy atom. The molecule has 0 saturated heterocycles. The van der Waals surface area contributed by atoms with Crippen molar-refractivity contribution < 1.29 is 14.6 Å². The number of carboxylic acids is 1. The molecule has 0 saturated carbocycles. The van der Waals surface area contributed by atoms with Crippen LogP contribution in [0.3, 0.4) is 0 Å². The maximum absolute atomic E-state index is 12.1. The predicted molar refractivity (Wildman–Crippen MR) is 117 cm³/mol. The van der Waals surface area contributed by atoms with E-state index in [2.05, 4.69) is 15.6 Å². The van der Waals surface area contributed by atoms with Gasteiger partial charge in [0.15, 0.2) is 0 Å². The fourth-order valence-corrected chi connectivity index (χ4v) is 5.53. The number of thiophene rings is 1. The molecule has 0 amide bonds. The highest BCUT2D eigenvalue weighted by molar-refractivity contribution is 7.15. The van der Waals surface area contributed by atoms with Crippen molar-refractivity contribution in [2.24, 2.45) is 4.99 Å². The maximum Gasteiger partial charge on any atom is 0.339 e. The molecular weight excluding hydrogens is 384 g/mol. The van der Waals surface area contributed by atoms with E-state index >= 15 is 0 Å². The fourth-order valence-electron chi connectivity index (χ4n) is 4.04. The highest BCUT2D eigenvalue weighted by Gasteiger charge is 2.27. The van der Waals surface area contributed by atoms with Gasteiger partial charge in [0, 0.05) is 28.0 Å². The number of rotatable bonds is 5. The number of hydrogen-bond acceptors (Lipinski definition) is 4. The average molecular weight is 409 g/mol. The summed E-state index contributed by atoms with van der Waals surface area (Å²) in [5.74, 6) is -0.118. The van der Waals surface area contributed by atoms with Crippen molar-refractivity contribution in [3.8, 4) is 10.8 Å². The van der Waals surface area contributed by atoms with Gasteiger partial charge in [0.25, 0.3) is 0 Å². The SMILES string of the molecule is COc1ccccc1N=Cc1cc(C)n(-c2sc3c(c2C(=O)O)CCCC3)c1C. The van der Waals surface area contributed by atoms with Crippen LogP contribution in [-0.4, -0.2) is 29.0 Å². The third-order valence-electron chi connectivity index (χ3n) is 5.47. The summed E-state index contributed by atoms with van der Waals surface area (Å²) < 4.78 is 7.43. The van der Waals surface area contributed by atoms with E-state index in [1.807, 2.05) is 44.3 Å². The van der Waals surface area contributed by atoms with Crippen LogP contribution in [0.2, 0.25) is 0 Å². The van der Waals surface area contributed by atoms with Crippen LogP contribution in [0.25, 0.3) is 5.00 Å². The Morgan fingerprint density at radius 1 is 1.24 bits per heavy atom. The van der Waals surface area contributed by atoms with Crippen molar-refractivity contribution in [2.75, 3.05) is 7.11 Å². The number of carboxylic acid groups (broad SMARTS) is 1. The molecule has 29 heavy (non-hydrogen) atoms. The summed E-state index contributed by atoms with van der Waals surface area (Å²) in [4.78, 5) is 17.9. The molecule has 3 aromatic rings. The minimum atomic E-state index is -0.837. The lowest BCUT2D eigenvalue weighted by atomic mass is 9.95. The molecular formula is C23H24N2O3S. The largest absolute Gasteiger partial charge is 0.494 e. The second-order valence-electron chi connectivity index (χ2n) is 7.29. The van der Waals surface area contributed by atoms with Gasteiger partial charge in [-0.15, -0.1) is 11.3 Å². The summed E-state index contributed by atoms with van der Waals surface area (Å²) in [7, 11) is 1.63. The van der Waals surface area contributed by atoms with Gasteiger partial charge in [-0.2, -0.15) is 0 Å². The molecule has 2 aromatic heterocycles. The Morgan fingerprint density at radius 2 is 2.00 bits per heavy atom. The topological polar surface area (TPSA) is 63.8 Å². The molecule has 0 aliphatic heterocycles. The van der Waals surface area contributed by atoms with E-state index in [4.69, 9.17) is 4.74 Å². The van der Waals surface area contributed by atoms with Gasteiger partial charge in [-0.25, -0.2) is 4.79 Å². The van der Waals surface area contributed by atoms with Gasteiger partial charge < -0.3 is 14.4 Å². The van der Waals surface area contributed by atoms with Gasteiger partial charge in [-0.3, -0.25) is 4.99 Å². The zero-order valence-corrected chi connectivity index (χ0v) is 17.7. The third-order valence-corrected chi connectivity index (χ3v) is 6.74. The molecule has 0 unspecified atom stereocenters. The maximum atomic E-state index is 12.1. The number of carbonyl (C=O) groups is 1. The molecule has 0 atom stereocenters. The van der Waals surface area contributed by atoms with Crippen molar-refractivity contribution in [3.63, 3.8) is 0 Å². The van der Waals surface area contributed by atoms with Crippen LogP contribution in [0.5, 0.6) is 5.75 Å². The van der Waals surface area contributed by atoms with Crippen LogP contribution < -0.4 is 4.74 Å². The Balaban J connectivity index is 1.78. The van der Waals surface area contributed by atoms with Gasteiger partial charge in [0.2, 0.25) is 0 Å². The number of aromatic nitrogens is 1. The Kier molecular flexibility index (Phi) is 5.28. The Bertz CT molecular complexity index is 1110. The lowest BCUT2D eigenvalue weighted by Crippen LogP contribution is -2.09. The number of aromatic carboxylic acids is 1. The summed E-state index contributed by atoms with van der Waals surface area (Å²) in [6.07, 6.45) is 5.84. The van der Waals surface area contributed by atoms with Crippen LogP contribution in [0.1, 0.15) is 50.6 Å². The van der Waals surface area contributed by atoms with Crippen molar-refractivity contribution in [3.05, 3.63) is 63.3 Å². The van der Waals surface area contributed by atoms with E-state index in [1.165, 1.54) is 4.88 Å². The molecule has 150 valence electrons. The fraction of sp³-hybridized carbons (Fsp3) is 0.304. The summed E-state index contributed by atoms with van der Waals surface area (Å²) in [5, 5.41) is 10.7. The zero-order valence-electron chi connectivity index (χ0n) is 16.9. The van der Waals surface area contributed by atoms with E-state index in [0.717, 1.165) is 64.6 Å². The first-order chi connectivity index (χ1) is 14.0. The molecule has 0 fully saturated rings. The third kappa shape index (κ3) is 3.49. The molecule has 4 rings (SSSR count). The van der Waals surface area contributed by atoms with Gasteiger partial charge in [0.1, 0.15) is 16.4 Å². The summed E-state index contributed by atoms with van der Waals surface area (Å²) in [5.41, 5.74) is 5.22. The molecule has 1 N–H and O–H groups in total. The molecule has 6 heteroatoms. The number of aryl methyl sites for hydroxylation is 2.